The Morgan fingerprint density at radius 3 is 2.73 bits per heavy atom. The van der Waals surface area contributed by atoms with E-state index in [0.717, 1.165) is 10.8 Å². The number of H-pyrrole nitrogens is 1. The van der Waals surface area contributed by atoms with Gasteiger partial charge in [-0.25, -0.2) is 9.88 Å². The van der Waals surface area contributed by atoms with Crippen molar-refractivity contribution in [1.29, 1.82) is 0 Å². The number of ether oxygens (including phenoxy) is 3. The molecule has 0 spiro atoms. The Bertz CT molecular complexity index is 1120. The first kappa shape index (κ1) is 25.4. The molecule has 11 nitrogen and oxygen atoms in total. The van der Waals surface area contributed by atoms with Gasteiger partial charge >= 0.3 is 13.2 Å². The van der Waals surface area contributed by atoms with Crippen LogP contribution in [0.3, 0.4) is 0 Å². The SMILES string of the molecule is CCOC(O)[C@H](C)NP(=O)(CO[C@@H]1C=C[C@H](n2cc(Cl)c(=O)[nH]c2=O)O1)Oc1ccccc1. The van der Waals surface area contributed by atoms with E-state index >= 15 is 0 Å². The molecule has 0 fully saturated rings. The molecule has 1 aromatic carbocycles. The molecule has 0 amide bonds. The van der Waals surface area contributed by atoms with Gasteiger partial charge in [0, 0.05) is 12.8 Å². The van der Waals surface area contributed by atoms with Crippen molar-refractivity contribution in [2.45, 2.75) is 38.7 Å². The van der Waals surface area contributed by atoms with Gasteiger partial charge in [0.1, 0.15) is 10.8 Å². The molecule has 3 N–H and O–H groups in total. The molecule has 1 aromatic heterocycles. The number of aromatic amines is 1. The van der Waals surface area contributed by atoms with Crippen LogP contribution in [0, 0.1) is 0 Å². The number of aromatic nitrogens is 2. The Morgan fingerprint density at radius 2 is 2.03 bits per heavy atom. The second kappa shape index (κ2) is 11.3. The Hall–Kier alpha value is -2.24. The maximum atomic E-state index is 13.5. The summed E-state index contributed by atoms with van der Waals surface area (Å²) in [6.07, 6.45) is 0.703. The number of rotatable bonds is 11. The van der Waals surface area contributed by atoms with Crippen LogP contribution in [0.5, 0.6) is 5.75 Å². The van der Waals surface area contributed by atoms with Crippen molar-refractivity contribution in [3.05, 3.63) is 74.5 Å². The molecule has 180 valence electrons. The highest BCUT2D eigenvalue weighted by Gasteiger charge is 2.33. The fourth-order valence-electron chi connectivity index (χ4n) is 2.92. The van der Waals surface area contributed by atoms with Crippen LogP contribution in [0.2, 0.25) is 5.02 Å². The number of benzene rings is 1. The first-order valence-corrected chi connectivity index (χ1v) is 12.3. The van der Waals surface area contributed by atoms with E-state index in [1.54, 1.807) is 44.2 Å². The fourth-order valence-corrected chi connectivity index (χ4v) is 4.80. The van der Waals surface area contributed by atoms with E-state index in [2.05, 4.69) is 10.1 Å². The van der Waals surface area contributed by atoms with E-state index in [0.29, 0.717) is 5.75 Å². The van der Waals surface area contributed by atoms with E-state index < -0.39 is 50.0 Å². The molecule has 1 aliphatic rings. The Balaban J connectivity index is 1.68. The second-order valence-electron chi connectivity index (χ2n) is 7.06. The van der Waals surface area contributed by atoms with Gasteiger partial charge in [-0.15, -0.1) is 0 Å². The monoisotopic (exact) mass is 501 g/mol. The standard InChI is InChI=1S/C20H25ClN3O8P/c1-3-29-19(26)13(2)23-33(28,32-14-7-5-4-6-8-14)12-30-17-10-9-16(31-17)24-11-15(21)18(25)22-20(24)27/h4-11,13,16-17,19,26H,3,12H2,1-2H3,(H,23,28)(H,22,25,27)/t13-,16+,17-,19?,33?/m0/s1. The third kappa shape index (κ3) is 6.87. The Labute approximate surface area is 194 Å². The molecule has 0 bridgehead atoms. The van der Waals surface area contributed by atoms with Crippen molar-refractivity contribution < 1.29 is 28.4 Å². The topological polar surface area (TPSA) is 141 Å². The molecule has 0 aliphatic carbocycles. The third-order valence-electron chi connectivity index (χ3n) is 4.48. The summed E-state index contributed by atoms with van der Waals surface area (Å²) in [5.41, 5.74) is -1.42. The highest BCUT2D eigenvalue weighted by atomic mass is 35.5. The van der Waals surface area contributed by atoms with Crippen LogP contribution in [-0.4, -0.2) is 46.2 Å². The predicted octanol–water partition coefficient (Wildman–Crippen LogP) is 2.18. The molecular formula is C20H25ClN3O8P. The van der Waals surface area contributed by atoms with Crippen molar-refractivity contribution in [1.82, 2.24) is 14.6 Å². The van der Waals surface area contributed by atoms with Crippen LogP contribution in [0.25, 0.3) is 0 Å². The first-order valence-electron chi connectivity index (χ1n) is 10.1. The van der Waals surface area contributed by atoms with Gasteiger partial charge in [-0.05, 0) is 38.1 Å². The summed E-state index contributed by atoms with van der Waals surface area (Å²) in [5, 5.41) is 12.6. The van der Waals surface area contributed by atoms with Crippen molar-refractivity contribution in [2.75, 3.05) is 13.0 Å². The zero-order valence-electron chi connectivity index (χ0n) is 17.9. The summed E-state index contributed by atoms with van der Waals surface area (Å²) >= 11 is 5.79. The van der Waals surface area contributed by atoms with Crippen molar-refractivity contribution >= 4 is 19.1 Å². The normalized spacial score (nSPS) is 21.5. The van der Waals surface area contributed by atoms with Crippen LogP contribution < -0.4 is 20.9 Å². The zero-order chi connectivity index (χ0) is 24.0. The predicted molar refractivity (Wildman–Crippen MR) is 120 cm³/mol. The molecule has 2 aromatic rings. The van der Waals surface area contributed by atoms with Crippen molar-refractivity contribution in [3.63, 3.8) is 0 Å². The summed E-state index contributed by atoms with van der Waals surface area (Å²) in [5.74, 6) is 0.338. The molecule has 33 heavy (non-hydrogen) atoms. The number of nitrogens with zero attached hydrogens (tertiary/aromatic N) is 1. The van der Waals surface area contributed by atoms with Crippen molar-refractivity contribution in [3.8, 4) is 5.75 Å². The lowest BCUT2D eigenvalue weighted by molar-refractivity contribution is -0.127. The van der Waals surface area contributed by atoms with Gasteiger partial charge in [0.2, 0.25) is 0 Å². The maximum absolute atomic E-state index is 13.5. The van der Waals surface area contributed by atoms with Crippen LogP contribution >= 0.6 is 19.1 Å². The minimum atomic E-state index is -3.71. The number of hydrogen-bond donors (Lipinski definition) is 3. The molecule has 2 unspecified atom stereocenters. The number of aliphatic hydroxyl groups excluding tert-OH is 1. The molecule has 0 saturated carbocycles. The highest BCUT2D eigenvalue weighted by molar-refractivity contribution is 7.57. The molecule has 5 atom stereocenters. The van der Waals surface area contributed by atoms with Gasteiger partial charge in [0.05, 0.1) is 6.04 Å². The van der Waals surface area contributed by atoms with Gasteiger partial charge in [0.25, 0.3) is 5.56 Å². The quantitative estimate of drug-likeness (QED) is 0.240. The zero-order valence-corrected chi connectivity index (χ0v) is 19.6. The Morgan fingerprint density at radius 1 is 1.30 bits per heavy atom. The average molecular weight is 502 g/mol. The molecule has 0 saturated heterocycles. The van der Waals surface area contributed by atoms with Gasteiger partial charge in [-0.2, -0.15) is 0 Å². The smallest absolute Gasteiger partial charge is 0.342 e. The van der Waals surface area contributed by atoms with Crippen LogP contribution in [0.1, 0.15) is 20.1 Å². The van der Waals surface area contributed by atoms with E-state index in [-0.39, 0.29) is 11.6 Å². The lowest BCUT2D eigenvalue weighted by Crippen LogP contribution is -2.39. The van der Waals surface area contributed by atoms with Gasteiger partial charge < -0.3 is 23.8 Å². The number of halogens is 1. The summed E-state index contributed by atoms with van der Waals surface area (Å²) in [7, 11) is -3.71. The lowest BCUT2D eigenvalue weighted by Gasteiger charge is -2.27. The van der Waals surface area contributed by atoms with Crippen molar-refractivity contribution in [2.24, 2.45) is 0 Å². The average Bonchev–Trinajstić information content (AvgIpc) is 3.24. The number of para-hydroxylation sites is 1. The Kier molecular flexibility index (Phi) is 8.66. The molecular weight excluding hydrogens is 477 g/mol. The molecule has 3 rings (SSSR count). The molecule has 2 heterocycles. The van der Waals surface area contributed by atoms with E-state index in [1.165, 1.54) is 12.2 Å². The van der Waals surface area contributed by atoms with Gasteiger partial charge in [-0.1, -0.05) is 29.8 Å². The molecule has 0 radical (unpaired) electrons. The summed E-state index contributed by atoms with van der Waals surface area (Å²) in [4.78, 5) is 25.6. The largest absolute Gasteiger partial charge is 0.431 e. The summed E-state index contributed by atoms with van der Waals surface area (Å²) in [6, 6.07) is 7.75. The second-order valence-corrected chi connectivity index (χ2v) is 9.51. The molecule has 13 heteroatoms. The minimum absolute atomic E-state index is 0.178. The van der Waals surface area contributed by atoms with Gasteiger partial charge in [-0.3, -0.25) is 18.9 Å². The number of hydrogen-bond acceptors (Lipinski definition) is 8. The summed E-state index contributed by atoms with van der Waals surface area (Å²) < 4.78 is 36.7. The number of nitrogens with one attached hydrogen (secondary N) is 2. The minimum Gasteiger partial charge on any atom is -0.431 e. The third-order valence-corrected chi connectivity index (χ3v) is 6.54. The highest BCUT2D eigenvalue weighted by Crippen LogP contribution is 2.44. The molecule has 1 aliphatic heterocycles. The maximum Gasteiger partial charge on any atom is 0.342 e. The first-order chi connectivity index (χ1) is 15.7. The fraction of sp³-hybridized carbons (Fsp3) is 0.400. The van der Waals surface area contributed by atoms with E-state index in [1.807, 2.05) is 0 Å². The number of aliphatic hydroxyl groups is 1. The van der Waals surface area contributed by atoms with Crippen LogP contribution in [0.4, 0.5) is 0 Å². The lowest BCUT2D eigenvalue weighted by atomic mass is 10.3. The van der Waals surface area contributed by atoms with Crippen LogP contribution in [-0.2, 0) is 18.8 Å². The summed E-state index contributed by atoms with van der Waals surface area (Å²) in [6.45, 7) is 3.58. The van der Waals surface area contributed by atoms with Crippen LogP contribution in [0.15, 0.2) is 58.3 Å². The van der Waals surface area contributed by atoms with E-state index in [9.17, 15) is 19.3 Å². The van der Waals surface area contributed by atoms with Gasteiger partial charge in [0.15, 0.2) is 25.2 Å². The van der Waals surface area contributed by atoms with E-state index in [4.69, 9.17) is 30.3 Å².